The van der Waals surface area contributed by atoms with Crippen molar-refractivity contribution in [3.63, 3.8) is 0 Å². The predicted octanol–water partition coefficient (Wildman–Crippen LogP) is 2.67. The van der Waals surface area contributed by atoms with E-state index in [2.05, 4.69) is 22.7 Å². The molecule has 1 aromatic carbocycles. The van der Waals surface area contributed by atoms with Crippen LogP contribution in [0.2, 0.25) is 5.02 Å². The van der Waals surface area contributed by atoms with Crippen LogP contribution in [0, 0.1) is 5.82 Å². The highest BCUT2D eigenvalue weighted by atomic mass is 35.5. The molecule has 1 rings (SSSR count). The van der Waals surface area contributed by atoms with Crippen LogP contribution < -0.4 is 11.2 Å². The second-order valence-electron chi connectivity index (χ2n) is 3.06. The summed E-state index contributed by atoms with van der Waals surface area (Å²) < 4.78 is 50.7. The minimum atomic E-state index is -4.72. The lowest BCUT2D eigenvalue weighted by Gasteiger charge is -2.10. The van der Waals surface area contributed by atoms with Crippen LogP contribution >= 0.6 is 23.8 Å². The molecule has 0 spiro atoms. The third-order valence-electron chi connectivity index (χ3n) is 1.80. The molecule has 3 nitrogen and oxygen atoms in total. The molecule has 0 heterocycles. The first-order valence-electron chi connectivity index (χ1n) is 4.37. The van der Waals surface area contributed by atoms with Gasteiger partial charge in [-0.1, -0.05) is 11.6 Å². The molecule has 0 fully saturated rings. The number of benzene rings is 1. The minimum absolute atomic E-state index is 0.162. The first kappa shape index (κ1) is 14.7. The van der Waals surface area contributed by atoms with Crippen LogP contribution in [0.3, 0.4) is 0 Å². The summed E-state index contributed by atoms with van der Waals surface area (Å²) in [5.41, 5.74) is 5.70. The molecule has 0 aliphatic rings. The van der Waals surface area contributed by atoms with Crippen molar-refractivity contribution in [2.24, 2.45) is 10.8 Å². The molecule has 0 saturated carbocycles. The summed E-state index contributed by atoms with van der Waals surface area (Å²) in [5.74, 6) is -1.22. The number of alkyl halides is 3. The van der Waals surface area contributed by atoms with Gasteiger partial charge in [0.05, 0.1) is 16.8 Å². The first-order valence-corrected chi connectivity index (χ1v) is 5.16. The molecular formula is C9H6ClF4N3S. The molecule has 0 unspecified atom stereocenters. The second kappa shape index (κ2) is 5.49. The van der Waals surface area contributed by atoms with E-state index >= 15 is 0 Å². The van der Waals surface area contributed by atoms with Gasteiger partial charge < -0.3 is 5.73 Å². The fourth-order valence-corrected chi connectivity index (χ4v) is 1.38. The molecule has 0 bridgehead atoms. The van der Waals surface area contributed by atoms with Crippen LogP contribution in [-0.2, 0) is 6.18 Å². The number of halogens is 5. The average molecular weight is 300 g/mol. The van der Waals surface area contributed by atoms with E-state index in [0.29, 0.717) is 6.07 Å². The maximum atomic E-state index is 13.5. The van der Waals surface area contributed by atoms with Gasteiger partial charge in [-0.2, -0.15) is 18.3 Å². The second-order valence-corrected chi connectivity index (χ2v) is 3.88. The van der Waals surface area contributed by atoms with Gasteiger partial charge in [0.1, 0.15) is 0 Å². The maximum Gasteiger partial charge on any atom is 0.417 e. The molecule has 0 atom stereocenters. The Hall–Kier alpha value is -1.41. The van der Waals surface area contributed by atoms with E-state index < -0.39 is 22.6 Å². The van der Waals surface area contributed by atoms with Crippen LogP contribution in [-0.4, -0.2) is 11.3 Å². The van der Waals surface area contributed by atoms with Gasteiger partial charge in [-0.25, -0.2) is 4.39 Å². The van der Waals surface area contributed by atoms with Gasteiger partial charge in [0.15, 0.2) is 10.9 Å². The zero-order chi connectivity index (χ0) is 13.9. The third-order valence-corrected chi connectivity index (χ3v) is 2.26. The molecule has 0 saturated heterocycles. The van der Waals surface area contributed by atoms with E-state index in [4.69, 9.17) is 17.3 Å². The lowest BCUT2D eigenvalue weighted by atomic mass is 10.1. The molecule has 3 N–H and O–H groups in total. The molecule has 0 amide bonds. The predicted molar refractivity (Wildman–Crippen MR) is 63.9 cm³/mol. The van der Waals surface area contributed by atoms with Crippen molar-refractivity contribution in [1.82, 2.24) is 5.43 Å². The largest absolute Gasteiger partial charge is 0.417 e. The summed E-state index contributed by atoms with van der Waals surface area (Å²) in [6.45, 7) is 0. The Morgan fingerprint density at radius 3 is 2.56 bits per heavy atom. The topological polar surface area (TPSA) is 50.4 Å². The molecule has 0 aromatic heterocycles. The summed E-state index contributed by atoms with van der Waals surface area (Å²) in [6, 6.07) is 1.56. The van der Waals surface area contributed by atoms with E-state index in [-0.39, 0.29) is 10.7 Å². The number of hydrogen-bond donors (Lipinski definition) is 2. The van der Waals surface area contributed by atoms with E-state index in [0.717, 1.165) is 12.3 Å². The fourth-order valence-electron chi connectivity index (χ4n) is 1.05. The Bertz CT molecular complexity index is 501. The van der Waals surface area contributed by atoms with Gasteiger partial charge in [-0.15, -0.1) is 0 Å². The van der Waals surface area contributed by atoms with E-state index in [9.17, 15) is 17.6 Å². The van der Waals surface area contributed by atoms with Gasteiger partial charge in [0.25, 0.3) is 0 Å². The van der Waals surface area contributed by atoms with Crippen molar-refractivity contribution >= 4 is 35.1 Å². The third kappa shape index (κ3) is 3.54. The SMILES string of the molecule is NC(=S)NN=Cc1ccc(C(F)(F)F)c(Cl)c1F. The van der Waals surface area contributed by atoms with Crippen molar-refractivity contribution in [2.75, 3.05) is 0 Å². The van der Waals surface area contributed by atoms with Gasteiger partial charge in [-0.3, -0.25) is 5.43 Å². The Labute approximate surface area is 110 Å². The van der Waals surface area contributed by atoms with Crippen LogP contribution in [0.25, 0.3) is 0 Å². The highest BCUT2D eigenvalue weighted by Crippen LogP contribution is 2.36. The van der Waals surface area contributed by atoms with Crippen LogP contribution in [0.1, 0.15) is 11.1 Å². The monoisotopic (exact) mass is 299 g/mol. The Kier molecular flexibility index (Phi) is 4.47. The summed E-state index contributed by atoms with van der Waals surface area (Å²) in [5, 5.41) is 2.24. The molecule has 9 heteroatoms. The Balaban J connectivity index is 3.09. The highest BCUT2D eigenvalue weighted by Gasteiger charge is 2.34. The molecule has 18 heavy (non-hydrogen) atoms. The fraction of sp³-hybridized carbons (Fsp3) is 0.111. The van der Waals surface area contributed by atoms with Crippen molar-refractivity contribution in [2.45, 2.75) is 6.18 Å². The Morgan fingerprint density at radius 1 is 1.44 bits per heavy atom. The first-order chi connectivity index (χ1) is 8.23. The van der Waals surface area contributed by atoms with Crippen molar-refractivity contribution in [3.05, 3.63) is 34.1 Å². The van der Waals surface area contributed by atoms with Crippen LogP contribution in [0.4, 0.5) is 17.6 Å². The summed E-state index contributed by atoms with van der Waals surface area (Å²) in [4.78, 5) is 0. The molecule has 0 aliphatic carbocycles. The molecule has 0 aliphatic heterocycles. The lowest BCUT2D eigenvalue weighted by molar-refractivity contribution is -0.137. The van der Waals surface area contributed by atoms with Gasteiger partial charge >= 0.3 is 6.18 Å². The number of nitrogens with one attached hydrogen (secondary N) is 1. The number of rotatable bonds is 2. The van der Waals surface area contributed by atoms with Crippen LogP contribution in [0.5, 0.6) is 0 Å². The van der Waals surface area contributed by atoms with Crippen molar-refractivity contribution in [1.29, 1.82) is 0 Å². The zero-order valence-electron chi connectivity index (χ0n) is 8.55. The Morgan fingerprint density at radius 2 is 2.06 bits per heavy atom. The van der Waals surface area contributed by atoms with E-state index in [1.165, 1.54) is 0 Å². The number of nitrogens with two attached hydrogens (primary N) is 1. The average Bonchev–Trinajstić information content (AvgIpc) is 2.22. The summed E-state index contributed by atoms with van der Waals surface area (Å²) in [7, 11) is 0. The molecule has 98 valence electrons. The highest BCUT2D eigenvalue weighted by molar-refractivity contribution is 7.80. The molecule has 1 aromatic rings. The van der Waals surface area contributed by atoms with Crippen molar-refractivity contribution < 1.29 is 17.6 Å². The van der Waals surface area contributed by atoms with Gasteiger partial charge in [0, 0.05) is 5.56 Å². The van der Waals surface area contributed by atoms with Crippen LogP contribution in [0.15, 0.2) is 17.2 Å². The number of thiocarbonyl (C=S) groups is 1. The summed E-state index contributed by atoms with van der Waals surface area (Å²) in [6.07, 6.45) is -3.80. The molecular weight excluding hydrogens is 294 g/mol. The van der Waals surface area contributed by atoms with Gasteiger partial charge in [0.2, 0.25) is 0 Å². The van der Waals surface area contributed by atoms with E-state index in [1.54, 1.807) is 0 Å². The molecule has 0 radical (unpaired) electrons. The number of hydrogen-bond acceptors (Lipinski definition) is 2. The minimum Gasteiger partial charge on any atom is -0.375 e. The lowest BCUT2D eigenvalue weighted by Crippen LogP contribution is -2.24. The number of nitrogens with zero attached hydrogens (tertiary/aromatic N) is 1. The normalized spacial score (nSPS) is 11.8. The standard InChI is InChI=1S/C9H6ClF4N3S/c10-6-5(9(12,13)14)2-1-4(7(6)11)3-16-17-8(15)18/h1-3H,(H3,15,17,18). The van der Waals surface area contributed by atoms with E-state index in [1.807, 2.05) is 0 Å². The summed E-state index contributed by atoms with van der Waals surface area (Å²) >= 11 is 9.72. The zero-order valence-corrected chi connectivity index (χ0v) is 10.1. The maximum absolute atomic E-state index is 13.5. The quantitative estimate of drug-likeness (QED) is 0.382. The van der Waals surface area contributed by atoms with Gasteiger partial charge in [-0.05, 0) is 24.4 Å². The number of hydrazone groups is 1. The smallest absolute Gasteiger partial charge is 0.375 e. The van der Waals surface area contributed by atoms with Crippen molar-refractivity contribution in [3.8, 4) is 0 Å².